The fourth-order valence-electron chi connectivity index (χ4n) is 3.11. The average molecular weight is 331 g/mol. The fourth-order valence-corrected chi connectivity index (χ4v) is 3.11. The highest BCUT2D eigenvalue weighted by Crippen LogP contribution is 2.34. The van der Waals surface area contributed by atoms with Gasteiger partial charge in [0.15, 0.2) is 11.6 Å². The summed E-state index contributed by atoms with van der Waals surface area (Å²) < 4.78 is 31.8. The first-order valence-electron chi connectivity index (χ1n) is 7.97. The molecule has 2 aromatic carbocycles. The highest BCUT2D eigenvalue weighted by atomic mass is 19.2. The number of rotatable bonds is 4. The molecule has 0 aliphatic carbocycles. The Morgan fingerprint density at radius 3 is 2.42 bits per heavy atom. The van der Waals surface area contributed by atoms with Crippen molar-refractivity contribution in [2.75, 3.05) is 19.8 Å². The summed E-state index contributed by atoms with van der Waals surface area (Å²) >= 11 is 0. The van der Waals surface area contributed by atoms with E-state index in [-0.39, 0.29) is 11.0 Å². The summed E-state index contributed by atoms with van der Waals surface area (Å²) in [5.41, 5.74) is 1.07. The molecular formula is C19H19F2NO2. The van der Waals surface area contributed by atoms with Gasteiger partial charge < -0.3 is 10.1 Å². The van der Waals surface area contributed by atoms with Crippen molar-refractivity contribution >= 4 is 5.91 Å². The zero-order valence-corrected chi connectivity index (χ0v) is 13.2. The molecule has 1 saturated heterocycles. The van der Waals surface area contributed by atoms with E-state index in [1.807, 2.05) is 18.2 Å². The van der Waals surface area contributed by atoms with Crippen LogP contribution in [0.1, 0.15) is 28.8 Å². The van der Waals surface area contributed by atoms with Crippen LogP contribution in [0.2, 0.25) is 0 Å². The molecule has 2 aromatic rings. The summed E-state index contributed by atoms with van der Waals surface area (Å²) in [6, 6.07) is 13.2. The molecule has 0 radical (unpaired) electrons. The van der Waals surface area contributed by atoms with E-state index in [2.05, 4.69) is 17.4 Å². The van der Waals surface area contributed by atoms with Crippen molar-refractivity contribution in [2.24, 2.45) is 0 Å². The second-order valence-corrected chi connectivity index (χ2v) is 6.07. The molecule has 1 aliphatic rings. The number of ether oxygens (including phenoxy) is 1. The number of hydrogen-bond acceptors (Lipinski definition) is 2. The molecule has 0 bridgehead atoms. The van der Waals surface area contributed by atoms with E-state index in [0.29, 0.717) is 19.8 Å². The maximum Gasteiger partial charge on any atom is 0.251 e. The third kappa shape index (κ3) is 3.46. The van der Waals surface area contributed by atoms with Gasteiger partial charge in [-0.15, -0.1) is 0 Å². The SMILES string of the molecule is O=C(NCC1(c2ccccc2)CCOCC1)c1ccc(F)c(F)c1. The predicted molar refractivity (Wildman–Crippen MR) is 86.9 cm³/mol. The van der Waals surface area contributed by atoms with Crippen LogP contribution in [0.25, 0.3) is 0 Å². The Hall–Kier alpha value is -2.27. The van der Waals surface area contributed by atoms with Crippen LogP contribution in [0.15, 0.2) is 48.5 Å². The lowest BCUT2D eigenvalue weighted by atomic mass is 9.74. The van der Waals surface area contributed by atoms with E-state index >= 15 is 0 Å². The number of nitrogens with one attached hydrogen (secondary N) is 1. The van der Waals surface area contributed by atoms with Crippen LogP contribution in [0.5, 0.6) is 0 Å². The van der Waals surface area contributed by atoms with E-state index in [1.54, 1.807) is 0 Å². The number of hydrogen-bond donors (Lipinski definition) is 1. The lowest BCUT2D eigenvalue weighted by molar-refractivity contribution is 0.0487. The highest BCUT2D eigenvalue weighted by molar-refractivity contribution is 5.94. The van der Waals surface area contributed by atoms with Crippen molar-refractivity contribution in [3.63, 3.8) is 0 Å². The third-order valence-electron chi connectivity index (χ3n) is 4.61. The Labute approximate surface area is 139 Å². The van der Waals surface area contributed by atoms with Crippen molar-refractivity contribution in [1.29, 1.82) is 0 Å². The van der Waals surface area contributed by atoms with Crippen LogP contribution >= 0.6 is 0 Å². The molecule has 3 nitrogen and oxygen atoms in total. The first-order chi connectivity index (χ1) is 11.6. The van der Waals surface area contributed by atoms with Gasteiger partial charge in [0.05, 0.1) is 0 Å². The van der Waals surface area contributed by atoms with Crippen LogP contribution in [0, 0.1) is 11.6 Å². The van der Waals surface area contributed by atoms with Crippen molar-refractivity contribution in [3.8, 4) is 0 Å². The first kappa shape index (κ1) is 16.6. The van der Waals surface area contributed by atoms with Gasteiger partial charge in [0, 0.05) is 30.7 Å². The quantitative estimate of drug-likeness (QED) is 0.932. The number of halogens is 2. The highest BCUT2D eigenvalue weighted by Gasteiger charge is 2.34. The smallest absolute Gasteiger partial charge is 0.251 e. The van der Waals surface area contributed by atoms with E-state index < -0.39 is 17.5 Å². The lowest BCUT2D eigenvalue weighted by Crippen LogP contribution is -2.44. The molecule has 3 rings (SSSR count). The molecule has 0 aromatic heterocycles. The number of benzene rings is 2. The summed E-state index contributed by atoms with van der Waals surface area (Å²) in [4.78, 5) is 12.3. The summed E-state index contributed by atoms with van der Waals surface area (Å²) in [5, 5.41) is 2.87. The minimum atomic E-state index is -1.02. The van der Waals surface area contributed by atoms with Gasteiger partial charge >= 0.3 is 0 Å². The van der Waals surface area contributed by atoms with Crippen LogP contribution in [0.3, 0.4) is 0 Å². The predicted octanol–water partition coefficient (Wildman–Crippen LogP) is 3.44. The van der Waals surface area contributed by atoms with E-state index in [4.69, 9.17) is 4.74 Å². The summed E-state index contributed by atoms with van der Waals surface area (Å²) in [5.74, 6) is -2.39. The molecule has 0 unspecified atom stereocenters. The molecule has 5 heteroatoms. The lowest BCUT2D eigenvalue weighted by Gasteiger charge is -2.38. The third-order valence-corrected chi connectivity index (χ3v) is 4.61. The van der Waals surface area contributed by atoms with Crippen molar-refractivity contribution in [1.82, 2.24) is 5.32 Å². The minimum absolute atomic E-state index is 0.115. The number of carbonyl (C=O) groups excluding carboxylic acids is 1. The molecule has 1 fully saturated rings. The molecule has 24 heavy (non-hydrogen) atoms. The van der Waals surface area contributed by atoms with Gasteiger partial charge in [-0.3, -0.25) is 4.79 Å². The Bertz CT molecular complexity index is 713. The zero-order chi connectivity index (χ0) is 17.0. The van der Waals surface area contributed by atoms with Gasteiger partial charge in [0.25, 0.3) is 5.91 Å². The Morgan fingerprint density at radius 2 is 1.75 bits per heavy atom. The summed E-state index contributed by atoms with van der Waals surface area (Å²) in [6.07, 6.45) is 1.60. The molecule has 1 aliphatic heterocycles. The normalized spacial score (nSPS) is 16.6. The molecule has 126 valence electrons. The van der Waals surface area contributed by atoms with E-state index in [1.165, 1.54) is 6.07 Å². The molecule has 0 saturated carbocycles. The van der Waals surface area contributed by atoms with Crippen LogP contribution in [-0.2, 0) is 10.2 Å². The second kappa shape index (κ2) is 7.09. The van der Waals surface area contributed by atoms with Gasteiger partial charge in [-0.05, 0) is 36.6 Å². The monoisotopic (exact) mass is 331 g/mol. The summed E-state index contributed by atoms with van der Waals surface area (Å²) in [7, 11) is 0. The fraction of sp³-hybridized carbons (Fsp3) is 0.316. The maximum atomic E-state index is 13.3. The Kier molecular flexibility index (Phi) is 4.90. The van der Waals surface area contributed by atoms with Crippen molar-refractivity contribution in [2.45, 2.75) is 18.3 Å². The topological polar surface area (TPSA) is 38.3 Å². The second-order valence-electron chi connectivity index (χ2n) is 6.07. The average Bonchev–Trinajstić information content (AvgIpc) is 2.63. The Morgan fingerprint density at radius 1 is 1.04 bits per heavy atom. The van der Waals surface area contributed by atoms with E-state index in [0.717, 1.165) is 30.5 Å². The van der Waals surface area contributed by atoms with Crippen LogP contribution < -0.4 is 5.32 Å². The van der Waals surface area contributed by atoms with Crippen molar-refractivity contribution < 1.29 is 18.3 Å². The van der Waals surface area contributed by atoms with Gasteiger partial charge in [-0.1, -0.05) is 30.3 Å². The van der Waals surface area contributed by atoms with Gasteiger partial charge in [-0.25, -0.2) is 8.78 Å². The minimum Gasteiger partial charge on any atom is -0.381 e. The number of amides is 1. The van der Waals surface area contributed by atoms with Crippen molar-refractivity contribution in [3.05, 3.63) is 71.3 Å². The molecule has 1 heterocycles. The van der Waals surface area contributed by atoms with E-state index in [9.17, 15) is 13.6 Å². The van der Waals surface area contributed by atoms with Gasteiger partial charge in [-0.2, -0.15) is 0 Å². The molecule has 1 amide bonds. The van der Waals surface area contributed by atoms with Crippen LogP contribution in [0.4, 0.5) is 8.78 Å². The molecule has 0 atom stereocenters. The van der Waals surface area contributed by atoms with Crippen LogP contribution in [-0.4, -0.2) is 25.7 Å². The molecular weight excluding hydrogens is 312 g/mol. The standard InChI is InChI=1S/C19H19F2NO2/c20-16-7-6-14(12-17(16)21)18(23)22-13-19(8-10-24-11-9-19)15-4-2-1-3-5-15/h1-7,12H,8-11,13H2,(H,22,23). The number of carbonyl (C=O) groups is 1. The summed E-state index contributed by atoms with van der Waals surface area (Å²) in [6.45, 7) is 1.70. The molecule has 1 N–H and O–H groups in total. The van der Waals surface area contributed by atoms with Gasteiger partial charge in [0.2, 0.25) is 0 Å². The van der Waals surface area contributed by atoms with Gasteiger partial charge in [0.1, 0.15) is 0 Å². The Balaban J connectivity index is 1.76. The largest absolute Gasteiger partial charge is 0.381 e. The first-order valence-corrected chi connectivity index (χ1v) is 7.97. The zero-order valence-electron chi connectivity index (χ0n) is 13.2. The molecule has 0 spiro atoms. The maximum absolute atomic E-state index is 13.3.